The lowest BCUT2D eigenvalue weighted by molar-refractivity contribution is -0.125. The third kappa shape index (κ3) is 2.98. The van der Waals surface area contributed by atoms with E-state index in [-0.39, 0.29) is 17.6 Å². The van der Waals surface area contributed by atoms with Crippen LogP contribution in [0, 0.1) is 0 Å². The van der Waals surface area contributed by atoms with Crippen molar-refractivity contribution in [2.75, 3.05) is 26.3 Å². The van der Waals surface area contributed by atoms with Crippen LogP contribution in [0.25, 0.3) is 11.0 Å². The predicted octanol–water partition coefficient (Wildman–Crippen LogP) is -0.566. The molecule has 0 saturated carbocycles. The number of ether oxygens (including phenoxy) is 1. The number of imidazole rings is 1. The van der Waals surface area contributed by atoms with Gasteiger partial charge in [-0.1, -0.05) is 12.1 Å². The first-order chi connectivity index (χ1) is 10.3. The van der Waals surface area contributed by atoms with Gasteiger partial charge in [0.2, 0.25) is 5.91 Å². The number of benzene rings is 1. The van der Waals surface area contributed by atoms with Gasteiger partial charge in [0.1, 0.15) is 6.04 Å². The first-order valence-corrected chi connectivity index (χ1v) is 7.02. The normalized spacial score (nSPS) is 18.8. The van der Waals surface area contributed by atoms with Gasteiger partial charge in [0.25, 0.3) is 0 Å². The third-order valence-electron chi connectivity index (χ3n) is 3.55. The van der Waals surface area contributed by atoms with E-state index in [0.717, 1.165) is 11.0 Å². The molecular formula is C14H18N4O3. The number of fused-ring (bicyclic) bond motifs is 1. The number of hydrogen-bond donors (Lipinski definition) is 3. The summed E-state index contributed by atoms with van der Waals surface area (Å²) in [6, 6.07) is 7.19. The minimum absolute atomic E-state index is 0.0948. The lowest BCUT2D eigenvalue weighted by Gasteiger charge is -2.22. The topological polar surface area (TPSA) is 88.2 Å². The van der Waals surface area contributed by atoms with Gasteiger partial charge >= 0.3 is 5.69 Å². The fraction of sp³-hybridized carbons (Fsp3) is 0.429. The Morgan fingerprint density at radius 1 is 1.43 bits per heavy atom. The second kappa shape index (κ2) is 6.11. The summed E-state index contributed by atoms with van der Waals surface area (Å²) in [6.45, 7) is 2.54. The Labute approximate surface area is 121 Å². The van der Waals surface area contributed by atoms with Crippen LogP contribution in [0.1, 0.15) is 0 Å². The number of aromatic nitrogens is 2. The van der Waals surface area contributed by atoms with Crippen molar-refractivity contribution in [1.82, 2.24) is 20.2 Å². The van der Waals surface area contributed by atoms with Gasteiger partial charge in [-0.3, -0.25) is 9.36 Å². The zero-order chi connectivity index (χ0) is 14.7. The summed E-state index contributed by atoms with van der Waals surface area (Å²) >= 11 is 0. The summed E-state index contributed by atoms with van der Waals surface area (Å²) < 4.78 is 6.87. The van der Waals surface area contributed by atoms with Crippen LogP contribution in [0.5, 0.6) is 0 Å². The number of morpholine rings is 1. The van der Waals surface area contributed by atoms with Crippen molar-refractivity contribution in [3.05, 3.63) is 34.7 Å². The molecule has 7 nitrogen and oxygen atoms in total. The molecule has 1 aliphatic heterocycles. The molecule has 1 saturated heterocycles. The second-order valence-corrected chi connectivity index (χ2v) is 4.97. The summed E-state index contributed by atoms with van der Waals surface area (Å²) in [5, 5.41) is 5.92. The molecule has 0 radical (unpaired) electrons. The number of rotatable bonds is 4. The minimum Gasteiger partial charge on any atom is -0.378 e. The number of H-pyrrole nitrogens is 1. The van der Waals surface area contributed by atoms with E-state index in [1.54, 1.807) is 4.57 Å². The van der Waals surface area contributed by atoms with Crippen LogP contribution in [-0.4, -0.2) is 47.8 Å². The van der Waals surface area contributed by atoms with E-state index in [4.69, 9.17) is 4.74 Å². The number of aromatic amines is 1. The molecule has 1 aromatic carbocycles. The first-order valence-electron chi connectivity index (χ1n) is 7.02. The van der Waals surface area contributed by atoms with Crippen LogP contribution in [0.2, 0.25) is 0 Å². The van der Waals surface area contributed by atoms with Crippen molar-refractivity contribution in [2.45, 2.75) is 12.6 Å². The summed E-state index contributed by atoms with van der Waals surface area (Å²) in [7, 11) is 0. The molecule has 3 N–H and O–H groups in total. The van der Waals surface area contributed by atoms with Gasteiger partial charge in [-0.05, 0) is 12.1 Å². The Kier molecular flexibility index (Phi) is 4.03. The van der Waals surface area contributed by atoms with Crippen molar-refractivity contribution in [3.8, 4) is 0 Å². The summed E-state index contributed by atoms with van der Waals surface area (Å²) in [5.74, 6) is -0.0948. The average molecular weight is 290 g/mol. The summed E-state index contributed by atoms with van der Waals surface area (Å²) in [5.41, 5.74) is 1.48. The molecule has 21 heavy (non-hydrogen) atoms. The zero-order valence-corrected chi connectivity index (χ0v) is 11.6. The maximum atomic E-state index is 11.9. The fourth-order valence-electron chi connectivity index (χ4n) is 2.48. The minimum atomic E-state index is -0.307. The molecule has 1 atom stereocenters. The van der Waals surface area contributed by atoms with Gasteiger partial charge in [0.15, 0.2) is 0 Å². The van der Waals surface area contributed by atoms with Crippen LogP contribution < -0.4 is 16.3 Å². The number of hydrogen-bond acceptors (Lipinski definition) is 4. The van der Waals surface area contributed by atoms with Gasteiger partial charge in [-0.25, -0.2) is 4.79 Å². The van der Waals surface area contributed by atoms with Crippen LogP contribution in [0.15, 0.2) is 29.1 Å². The lowest BCUT2D eigenvalue weighted by Crippen LogP contribution is -2.51. The molecule has 1 aliphatic rings. The lowest BCUT2D eigenvalue weighted by atomic mass is 10.2. The molecule has 0 aliphatic carbocycles. The van der Waals surface area contributed by atoms with E-state index in [2.05, 4.69) is 15.6 Å². The number of para-hydroxylation sites is 2. The molecule has 2 aromatic rings. The van der Waals surface area contributed by atoms with Crippen LogP contribution in [-0.2, 0) is 16.1 Å². The largest absolute Gasteiger partial charge is 0.378 e. The molecule has 3 rings (SSSR count). The Hall–Kier alpha value is -2.12. The molecule has 1 amide bonds. The van der Waals surface area contributed by atoms with E-state index in [1.807, 2.05) is 24.3 Å². The van der Waals surface area contributed by atoms with E-state index in [0.29, 0.717) is 32.8 Å². The highest BCUT2D eigenvalue weighted by molar-refractivity contribution is 5.82. The van der Waals surface area contributed by atoms with Crippen molar-refractivity contribution >= 4 is 16.9 Å². The van der Waals surface area contributed by atoms with Crippen molar-refractivity contribution < 1.29 is 9.53 Å². The smallest absolute Gasteiger partial charge is 0.326 e. The molecule has 0 spiro atoms. The maximum absolute atomic E-state index is 11.9. The number of nitrogens with one attached hydrogen (secondary N) is 3. The predicted molar refractivity (Wildman–Crippen MR) is 78.2 cm³/mol. The van der Waals surface area contributed by atoms with Crippen LogP contribution in [0.4, 0.5) is 0 Å². The molecule has 7 heteroatoms. The number of carbonyl (C=O) groups excluding carboxylic acids is 1. The second-order valence-electron chi connectivity index (χ2n) is 4.97. The molecule has 1 aromatic heterocycles. The molecule has 112 valence electrons. The number of amides is 1. The van der Waals surface area contributed by atoms with Crippen LogP contribution >= 0.6 is 0 Å². The summed E-state index contributed by atoms with van der Waals surface area (Å²) in [4.78, 5) is 26.6. The highest BCUT2D eigenvalue weighted by Crippen LogP contribution is 2.08. The van der Waals surface area contributed by atoms with Crippen molar-refractivity contribution in [2.24, 2.45) is 0 Å². The van der Waals surface area contributed by atoms with Gasteiger partial charge in [0.05, 0.1) is 24.2 Å². The quantitative estimate of drug-likeness (QED) is 0.704. The Morgan fingerprint density at radius 2 is 2.29 bits per heavy atom. The van der Waals surface area contributed by atoms with Crippen molar-refractivity contribution in [1.29, 1.82) is 0 Å². The first kappa shape index (κ1) is 13.8. The van der Waals surface area contributed by atoms with Gasteiger partial charge in [-0.15, -0.1) is 0 Å². The Bertz CT molecular complexity index is 685. The zero-order valence-electron chi connectivity index (χ0n) is 11.6. The third-order valence-corrected chi connectivity index (χ3v) is 3.55. The Morgan fingerprint density at radius 3 is 3.10 bits per heavy atom. The van der Waals surface area contributed by atoms with Gasteiger partial charge < -0.3 is 20.4 Å². The van der Waals surface area contributed by atoms with E-state index < -0.39 is 0 Å². The van der Waals surface area contributed by atoms with E-state index in [9.17, 15) is 9.59 Å². The maximum Gasteiger partial charge on any atom is 0.326 e. The van der Waals surface area contributed by atoms with Crippen molar-refractivity contribution in [3.63, 3.8) is 0 Å². The standard InChI is InChI=1S/C14H18N4O3/c19-13(11-9-21-8-6-15-11)16-5-7-18-12-4-2-1-3-10(12)17-14(18)20/h1-4,11,15H,5-9H2,(H,16,19)(H,17,20). The van der Waals surface area contributed by atoms with Crippen LogP contribution in [0.3, 0.4) is 0 Å². The number of carbonyl (C=O) groups is 1. The Balaban J connectivity index is 1.60. The fourth-order valence-corrected chi connectivity index (χ4v) is 2.48. The summed E-state index contributed by atoms with van der Waals surface area (Å²) in [6.07, 6.45) is 0. The number of nitrogens with zero attached hydrogens (tertiary/aromatic N) is 1. The monoisotopic (exact) mass is 290 g/mol. The van der Waals surface area contributed by atoms with E-state index >= 15 is 0 Å². The molecule has 1 fully saturated rings. The SMILES string of the molecule is O=C(NCCn1c(=O)[nH]c2ccccc21)C1COCCN1. The average Bonchev–Trinajstić information content (AvgIpc) is 2.84. The van der Waals surface area contributed by atoms with E-state index in [1.165, 1.54) is 0 Å². The van der Waals surface area contributed by atoms with Gasteiger partial charge in [-0.2, -0.15) is 0 Å². The van der Waals surface area contributed by atoms with Gasteiger partial charge in [0, 0.05) is 19.6 Å². The highest BCUT2D eigenvalue weighted by Gasteiger charge is 2.20. The molecular weight excluding hydrogens is 272 g/mol. The molecule has 2 heterocycles. The molecule has 1 unspecified atom stereocenters. The molecule has 0 bridgehead atoms. The highest BCUT2D eigenvalue weighted by atomic mass is 16.5.